The van der Waals surface area contributed by atoms with E-state index < -0.39 is 0 Å². The number of hydrogen-bond acceptors (Lipinski definition) is 5. The molecule has 1 aromatic heterocycles. The van der Waals surface area contributed by atoms with Crippen LogP contribution in [-0.2, 0) is 6.54 Å². The van der Waals surface area contributed by atoms with Crippen LogP contribution in [0.1, 0.15) is 26.4 Å². The number of amides is 2. The van der Waals surface area contributed by atoms with Crippen molar-refractivity contribution in [1.29, 1.82) is 0 Å². The Kier molecular flexibility index (Phi) is 6.11. The van der Waals surface area contributed by atoms with E-state index in [1.54, 1.807) is 36.0 Å². The average Bonchev–Trinajstić information content (AvgIpc) is 3.22. The quantitative estimate of drug-likeness (QED) is 0.410. The summed E-state index contributed by atoms with van der Waals surface area (Å²) in [7, 11) is 0. The summed E-state index contributed by atoms with van der Waals surface area (Å²) >= 11 is 2.97. The first-order valence-electron chi connectivity index (χ1n) is 9.31. The highest BCUT2D eigenvalue weighted by Crippen LogP contribution is 2.23. The van der Waals surface area contributed by atoms with E-state index in [0.717, 1.165) is 15.6 Å². The fraction of sp³-hybridized carbons (Fsp3) is 0.0870. The summed E-state index contributed by atoms with van der Waals surface area (Å²) in [4.78, 5) is 26.4. The van der Waals surface area contributed by atoms with Gasteiger partial charge in [-0.05, 0) is 59.7 Å². The summed E-state index contributed by atoms with van der Waals surface area (Å²) < 4.78 is 5.23. The number of nitrogens with one attached hydrogen (secondary N) is 2. The number of nitrogens with zero attached hydrogens (tertiary/aromatic N) is 1. The molecule has 0 unspecified atom stereocenters. The lowest BCUT2D eigenvalue weighted by atomic mass is 10.1. The lowest BCUT2D eigenvalue weighted by Crippen LogP contribution is -2.23. The van der Waals surface area contributed by atoms with Crippen molar-refractivity contribution < 1.29 is 9.59 Å². The van der Waals surface area contributed by atoms with Crippen LogP contribution in [-0.4, -0.2) is 22.4 Å². The van der Waals surface area contributed by atoms with E-state index in [-0.39, 0.29) is 11.8 Å². The molecule has 0 spiro atoms. The molecule has 0 aliphatic carbocycles. The molecule has 4 aromatic rings. The smallest absolute Gasteiger partial charge is 0.276 e. The van der Waals surface area contributed by atoms with E-state index in [9.17, 15) is 9.59 Å². The third-order valence-corrected chi connectivity index (χ3v) is 6.16. The number of aromatic nitrogens is 1. The Morgan fingerprint density at radius 2 is 1.77 bits per heavy atom. The SMILES string of the molecule is CSc1ccc(CNC(=O)c2cccc(NC(=O)c3nsc4ccccc34)c2)cc1. The third kappa shape index (κ3) is 4.53. The zero-order chi connectivity index (χ0) is 20.9. The van der Waals surface area contributed by atoms with Gasteiger partial charge in [-0.25, -0.2) is 0 Å². The molecular formula is C23H19N3O2S2. The zero-order valence-corrected chi connectivity index (χ0v) is 17.8. The van der Waals surface area contributed by atoms with Gasteiger partial charge in [0.25, 0.3) is 11.8 Å². The van der Waals surface area contributed by atoms with Crippen LogP contribution in [0.15, 0.2) is 77.7 Å². The molecule has 0 fully saturated rings. The maximum Gasteiger partial charge on any atom is 0.276 e. The second-order valence-corrected chi connectivity index (χ2v) is 8.28. The van der Waals surface area contributed by atoms with Crippen LogP contribution < -0.4 is 10.6 Å². The minimum Gasteiger partial charge on any atom is -0.348 e. The van der Waals surface area contributed by atoms with Crippen LogP contribution in [0.2, 0.25) is 0 Å². The summed E-state index contributed by atoms with van der Waals surface area (Å²) in [5.41, 5.74) is 2.45. The van der Waals surface area contributed by atoms with E-state index in [4.69, 9.17) is 0 Å². The Morgan fingerprint density at radius 1 is 0.967 bits per heavy atom. The van der Waals surface area contributed by atoms with Gasteiger partial charge in [-0.1, -0.05) is 36.4 Å². The van der Waals surface area contributed by atoms with Crippen LogP contribution in [0.25, 0.3) is 10.1 Å². The standard InChI is InChI=1S/C23H19N3O2S2/c1-29-18-11-9-15(10-12-18)14-24-22(27)16-5-4-6-17(13-16)25-23(28)21-19-7-2-3-8-20(19)30-26-21/h2-13H,14H2,1H3,(H,24,27)(H,25,28). The first kappa shape index (κ1) is 20.1. The van der Waals surface area contributed by atoms with Gasteiger partial charge in [-0.2, -0.15) is 4.37 Å². The zero-order valence-electron chi connectivity index (χ0n) is 16.2. The maximum atomic E-state index is 12.7. The number of thioether (sulfide) groups is 1. The molecule has 1 heterocycles. The number of hydrogen-bond donors (Lipinski definition) is 2. The number of rotatable bonds is 6. The highest BCUT2D eigenvalue weighted by molar-refractivity contribution is 7.98. The van der Waals surface area contributed by atoms with Gasteiger partial charge in [0.05, 0.1) is 4.70 Å². The van der Waals surface area contributed by atoms with Gasteiger partial charge < -0.3 is 10.6 Å². The number of benzene rings is 3. The fourth-order valence-electron chi connectivity index (χ4n) is 3.01. The first-order chi connectivity index (χ1) is 14.6. The van der Waals surface area contributed by atoms with Gasteiger partial charge in [0.15, 0.2) is 0 Å². The summed E-state index contributed by atoms with van der Waals surface area (Å²) in [5.74, 6) is -0.488. The molecule has 0 saturated carbocycles. The largest absolute Gasteiger partial charge is 0.348 e. The number of anilines is 1. The van der Waals surface area contributed by atoms with Crippen LogP contribution in [0.3, 0.4) is 0 Å². The molecule has 0 radical (unpaired) electrons. The Morgan fingerprint density at radius 3 is 2.57 bits per heavy atom. The van der Waals surface area contributed by atoms with Gasteiger partial charge in [0.1, 0.15) is 5.69 Å². The molecule has 0 aliphatic rings. The van der Waals surface area contributed by atoms with Crippen LogP contribution >= 0.6 is 23.3 Å². The van der Waals surface area contributed by atoms with E-state index >= 15 is 0 Å². The van der Waals surface area contributed by atoms with Crippen LogP contribution in [0.5, 0.6) is 0 Å². The van der Waals surface area contributed by atoms with Gasteiger partial charge in [-0.15, -0.1) is 11.8 Å². The van der Waals surface area contributed by atoms with Gasteiger partial charge in [0, 0.05) is 28.1 Å². The summed E-state index contributed by atoms with van der Waals surface area (Å²) in [5, 5.41) is 6.58. The molecule has 5 nitrogen and oxygen atoms in total. The van der Waals surface area contributed by atoms with E-state index in [2.05, 4.69) is 15.0 Å². The summed E-state index contributed by atoms with van der Waals surface area (Å²) in [6.07, 6.45) is 2.03. The average molecular weight is 434 g/mol. The first-order valence-corrected chi connectivity index (χ1v) is 11.3. The fourth-order valence-corrected chi connectivity index (χ4v) is 4.19. The minimum absolute atomic E-state index is 0.195. The van der Waals surface area contributed by atoms with Crippen molar-refractivity contribution in [3.8, 4) is 0 Å². The highest BCUT2D eigenvalue weighted by Gasteiger charge is 2.15. The molecule has 30 heavy (non-hydrogen) atoms. The molecule has 0 atom stereocenters. The monoisotopic (exact) mass is 433 g/mol. The number of carbonyl (C=O) groups is 2. The van der Waals surface area contributed by atoms with E-state index in [0.29, 0.717) is 23.5 Å². The van der Waals surface area contributed by atoms with Crippen LogP contribution in [0.4, 0.5) is 5.69 Å². The second-order valence-electron chi connectivity index (χ2n) is 6.59. The van der Waals surface area contributed by atoms with Crippen molar-refractivity contribution in [2.24, 2.45) is 0 Å². The topological polar surface area (TPSA) is 71.1 Å². The molecule has 2 amide bonds. The molecule has 2 N–H and O–H groups in total. The molecule has 7 heteroatoms. The lowest BCUT2D eigenvalue weighted by Gasteiger charge is -2.08. The second kappa shape index (κ2) is 9.11. The van der Waals surface area contributed by atoms with Crippen molar-refractivity contribution in [2.75, 3.05) is 11.6 Å². The lowest BCUT2D eigenvalue weighted by molar-refractivity contribution is 0.0949. The highest BCUT2D eigenvalue weighted by atomic mass is 32.2. The van der Waals surface area contributed by atoms with Crippen molar-refractivity contribution in [1.82, 2.24) is 9.69 Å². The number of carbonyl (C=O) groups excluding carboxylic acids is 2. The Bertz CT molecular complexity index is 1200. The van der Waals surface area contributed by atoms with Crippen molar-refractivity contribution in [2.45, 2.75) is 11.4 Å². The normalized spacial score (nSPS) is 10.7. The van der Waals surface area contributed by atoms with Crippen molar-refractivity contribution in [3.05, 3.63) is 89.6 Å². The number of fused-ring (bicyclic) bond motifs is 1. The predicted octanol–water partition coefficient (Wildman–Crippen LogP) is 5.20. The molecule has 150 valence electrons. The third-order valence-electron chi connectivity index (χ3n) is 4.59. The summed E-state index contributed by atoms with van der Waals surface area (Å²) in [6.45, 7) is 0.439. The molecule has 0 saturated heterocycles. The van der Waals surface area contributed by atoms with Gasteiger partial charge >= 0.3 is 0 Å². The van der Waals surface area contributed by atoms with E-state index in [1.807, 2.05) is 54.8 Å². The maximum absolute atomic E-state index is 12.7. The molecule has 0 bridgehead atoms. The van der Waals surface area contributed by atoms with E-state index in [1.165, 1.54) is 16.4 Å². The van der Waals surface area contributed by atoms with Gasteiger partial charge in [-0.3, -0.25) is 9.59 Å². The van der Waals surface area contributed by atoms with Crippen molar-refractivity contribution in [3.63, 3.8) is 0 Å². The Hall–Kier alpha value is -3.16. The van der Waals surface area contributed by atoms with Crippen LogP contribution in [0, 0.1) is 0 Å². The summed E-state index contributed by atoms with van der Waals surface area (Å²) in [6, 6.07) is 22.6. The Labute approximate surface area is 182 Å². The van der Waals surface area contributed by atoms with Crippen molar-refractivity contribution >= 4 is 50.9 Å². The predicted molar refractivity (Wildman–Crippen MR) is 123 cm³/mol. The Balaban J connectivity index is 1.42. The molecule has 4 rings (SSSR count). The molecule has 3 aromatic carbocycles. The van der Waals surface area contributed by atoms with Gasteiger partial charge in [0.2, 0.25) is 0 Å². The minimum atomic E-state index is -0.293. The molecule has 0 aliphatic heterocycles. The molecular weight excluding hydrogens is 414 g/mol.